The summed E-state index contributed by atoms with van der Waals surface area (Å²) in [6.45, 7) is 1.53. The quantitative estimate of drug-likeness (QED) is 0.401. The van der Waals surface area contributed by atoms with Crippen molar-refractivity contribution in [3.8, 4) is 0 Å². The second-order valence-corrected chi connectivity index (χ2v) is 8.97. The van der Waals surface area contributed by atoms with Gasteiger partial charge in [-0.05, 0) is 20.3 Å². The maximum atomic E-state index is 12.9. The number of thioether (sulfide) groups is 1. The van der Waals surface area contributed by atoms with Crippen LogP contribution in [-0.2, 0) is 19.4 Å². The molecule has 0 bridgehead atoms. The predicted octanol–water partition coefficient (Wildman–Crippen LogP) is 3.95. The highest BCUT2D eigenvalue weighted by Crippen LogP contribution is 2.40. The van der Waals surface area contributed by atoms with Crippen molar-refractivity contribution in [2.75, 3.05) is 18.1 Å². The molecule has 0 saturated heterocycles. The zero-order chi connectivity index (χ0) is 21.0. The van der Waals surface area contributed by atoms with Crippen LogP contribution in [-0.4, -0.2) is 54.9 Å². The average Bonchev–Trinajstić information content (AvgIpc) is 2.42. The highest BCUT2D eigenvalue weighted by Gasteiger charge is 2.58. The maximum absolute atomic E-state index is 12.9. The Balaban J connectivity index is 5.49. The van der Waals surface area contributed by atoms with Crippen molar-refractivity contribution in [1.82, 2.24) is 0 Å². The van der Waals surface area contributed by atoms with Gasteiger partial charge in [0.05, 0.1) is 12.4 Å². The Morgan fingerprint density at radius 3 is 1.88 bits per heavy atom. The topological polar surface area (TPSA) is 60.4 Å². The molecule has 26 heavy (non-hydrogen) atoms. The first-order valence-corrected chi connectivity index (χ1v) is 9.58. The van der Waals surface area contributed by atoms with E-state index in [2.05, 4.69) is 4.74 Å². The fraction of sp³-hybridized carbons (Fsp3) is 0.917. The van der Waals surface area contributed by atoms with Gasteiger partial charge in [0, 0.05) is 12.2 Å². The van der Waals surface area contributed by atoms with Crippen LogP contribution in [0.25, 0.3) is 0 Å². The molecule has 0 heterocycles. The monoisotopic (exact) mass is 440 g/mol. The molecule has 0 fully saturated rings. The smallest absolute Gasteiger partial charge is 0.453 e. The van der Waals surface area contributed by atoms with Crippen LogP contribution in [0.1, 0.15) is 26.7 Å². The lowest BCUT2D eigenvalue weighted by atomic mass is 10.1. The van der Waals surface area contributed by atoms with E-state index in [1.165, 1.54) is 6.92 Å². The first-order chi connectivity index (χ1) is 11.4. The third-order valence-electron chi connectivity index (χ3n) is 3.34. The number of rotatable bonds is 9. The number of carbonyl (C=O) groups is 1. The van der Waals surface area contributed by atoms with Crippen LogP contribution in [0, 0.1) is 0 Å². The van der Waals surface area contributed by atoms with Gasteiger partial charge < -0.3 is 4.74 Å². The van der Waals surface area contributed by atoms with E-state index < -0.39 is 74.3 Å². The van der Waals surface area contributed by atoms with Crippen molar-refractivity contribution in [2.24, 2.45) is 0 Å². The van der Waals surface area contributed by atoms with E-state index >= 15 is 0 Å². The Hall–Kier alpha value is -0.790. The van der Waals surface area contributed by atoms with E-state index in [1.807, 2.05) is 0 Å². The Morgan fingerprint density at radius 1 is 1.00 bits per heavy atom. The third-order valence-corrected chi connectivity index (χ3v) is 6.56. The second-order valence-electron chi connectivity index (χ2n) is 5.27. The summed E-state index contributed by atoms with van der Waals surface area (Å²) >= 11 is -0.660. The molecule has 0 aromatic heterocycles. The van der Waals surface area contributed by atoms with Crippen LogP contribution in [0.5, 0.6) is 0 Å². The number of hydrogen-bond acceptors (Lipinski definition) is 5. The molecule has 0 aliphatic heterocycles. The summed E-state index contributed by atoms with van der Waals surface area (Å²) in [5.41, 5.74) is -4.75. The van der Waals surface area contributed by atoms with Crippen LogP contribution in [0.4, 0.5) is 35.1 Å². The van der Waals surface area contributed by atoms with E-state index in [9.17, 15) is 48.3 Å². The maximum Gasteiger partial charge on any atom is 0.453 e. The number of esters is 1. The molecular weight excluding hydrogens is 424 g/mol. The minimum atomic E-state index is -6.00. The van der Waals surface area contributed by atoms with Crippen LogP contribution in [0.15, 0.2) is 0 Å². The summed E-state index contributed by atoms with van der Waals surface area (Å²) < 4.78 is 125. The zero-order valence-corrected chi connectivity index (χ0v) is 15.1. The number of hydrogen-bond donors (Lipinski definition) is 0. The molecule has 0 aromatic rings. The summed E-state index contributed by atoms with van der Waals surface area (Å²) in [5, 5.41) is 0. The molecule has 4 nitrogen and oxygen atoms in total. The molecule has 0 saturated carbocycles. The van der Waals surface area contributed by atoms with Gasteiger partial charge >= 0.3 is 23.6 Å². The number of ether oxygens (including phenoxy) is 1. The molecule has 0 aliphatic rings. The van der Waals surface area contributed by atoms with Crippen molar-refractivity contribution in [3.63, 3.8) is 0 Å². The fourth-order valence-electron chi connectivity index (χ4n) is 1.66. The molecule has 0 spiro atoms. The fourth-order valence-corrected chi connectivity index (χ4v) is 4.23. The normalized spacial score (nSPS) is 16.2. The Labute approximate surface area is 148 Å². The van der Waals surface area contributed by atoms with E-state index in [0.717, 1.165) is 0 Å². The molecule has 0 aromatic carbocycles. The summed E-state index contributed by atoms with van der Waals surface area (Å²) in [5.74, 6) is -9.55. The molecular formula is C12H16F8O4S2. The van der Waals surface area contributed by atoms with Crippen LogP contribution >= 0.6 is 11.8 Å². The van der Waals surface area contributed by atoms with Gasteiger partial charge in [0.15, 0.2) is 14.6 Å². The standard InChI is InChI=1S/C12H16F8O4S2/c1-3-24-8(21)9(2,4-6-25-12(18,19)20)26(22,23)7-5-10(13,14)11(15,16)17/h3-7H2,1-2H3. The third kappa shape index (κ3) is 6.74. The molecule has 0 rings (SSSR count). The van der Waals surface area contributed by atoms with Crippen molar-refractivity contribution in [1.29, 1.82) is 0 Å². The molecule has 0 aliphatic carbocycles. The second kappa shape index (κ2) is 8.48. The lowest BCUT2D eigenvalue weighted by Crippen LogP contribution is -2.48. The van der Waals surface area contributed by atoms with Gasteiger partial charge in [-0.3, -0.25) is 4.79 Å². The van der Waals surface area contributed by atoms with Crippen molar-refractivity contribution < 1.29 is 53.1 Å². The molecule has 14 heteroatoms. The van der Waals surface area contributed by atoms with Gasteiger partial charge in [-0.1, -0.05) is 11.8 Å². The minimum absolute atomic E-state index is 0.366. The summed E-state index contributed by atoms with van der Waals surface area (Å²) in [6, 6.07) is 0. The van der Waals surface area contributed by atoms with Gasteiger partial charge in [-0.15, -0.1) is 0 Å². The Bertz CT molecular complexity index is 585. The van der Waals surface area contributed by atoms with E-state index in [4.69, 9.17) is 0 Å². The molecule has 156 valence electrons. The van der Waals surface area contributed by atoms with Crippen molar-refractivity contribution in [3.05, 3.63) is 0 Å². The largest absolute Gasteiger partial charge is 0.465 e. The van der Waals surface area contributed by atoms with Gasteiger partial charge in [0.25, 0.3) is 0 Å². The molecule has 1 unspecified atom stereocenters. The lowest BCUT2D eigenvalue weighted by molar-refractivity contribution is -0.282. The molecule has 0 amide bonds. The predicted molar refractivity (Wildman–Crippen MR) is 77.6 cm³/mol. The summed E-state index contributed by atoms with van der Waals surface area (Å²) in [6.07, 6.45) is -9.15. The summed E-state index contributed by atoms with van der Waals surface area (Å²) in [4.78, 5) is 11.9. The number of alkyl halides is 8. The molecule has 0 radical (unpaired) electrons. The number of halogens is 8. The first-order valence-electron chi connectivity index (χ1n) is 6.94. The highest BCUT2D eigenvalue weighted by molar-refractivity contribution is 8.00. The molecule has 0 N–H and O–H groups in total. The van der Waals surface area contributed by atoms with E-state index in [1.54, 1.807) is 0 Å². The van der Waals surface area contributed by atoms with Gasteiger partial charge in [0.2, 0.25) is 0 Å². The SMILES string of the molecule is CCOC(=O)C(C)(CCSC(F)(F)F)S(=O)(=O)CCC(F)(F)C(F)(F)F. The first kappa shape index (κ1) is 25.2. The van der Waals surface area contributed by atoms with Crippen LogP contribution < -0.4 is 0 Å². The highest BCUT2D eigenvalue weighted by atomic mass is 32.2. The number of sulfone groups is 1. The van der Waals surface area contributed by atoms with E-state index in [-0.39, 0.29) is 6.61 Å². The van der Waals surface area contributed by atoms with Gasteiger partial charge in [-0.25, -0.2) is 8.42 Å². The number of carbonyl (C=O) groups excluding carboxylic acids is 1. The summed E-state index contributed by atoms with van der Waals surface area (Å²) in [7, 11) is -4.99. The van der Waals surface area contributed by atoms with Gasteiger partial charge in [0.1, 0.15) is 0 Å². The zero-order valence-electron chi connectivity index (χ0n) is 13.5. The van der Waals surface area contributed by atoms with Crippen LogP contribution in [0.3, 0.4) is 0 Å². The Morgan fingerprint density at radius 2 is 1.50 bits per heavy atom. The van der Waals surface area contributed by atoms with Crippen molar-refractivity contribution in [2.45, 2.75) is 49.0 Å². The van der Waals surface area contributed by atoms with Crippen molar-refractivity contribution >= 4 is 27.6 Å². The Kier molecular flexibility index (Phi) is 8.23. The average molecular weight is 440 g/mol. The van der Waals surface area contributed by atoms with Gasteiger partial charge in [-0.2, -0.15) is 35.1 Å². The van der Waals surface area contributed by atoms with E-state index in [0.29, 0.717) is 6.92 Å². The minimum Gasteiger partial charge on any atom is -0.465 e. The van der Waals surface area contributed by atoms with Crippen LogP contribution in [0.2, 0.25) is 0 Å². The lowest BCUT2D eigenvalue weighted by Gasteiger charge is -2.28. The molecule has 1 atom stereocenters.